The normalized spacial score (nSPS) is 13.1. The summed E-state index contributed by atoms with van der Waals surface area (Å²) in [4.78, 5) is 48.0. The molecule has 0 aliphatic rings. The van der Waals surface area contributed by atoms with Gasteiger partial charge in [-0.1, -0.05) is 67.7 Å². The molecule has 0 rings (SSSR count). The van der Waals surface area contributed by atoms with Crippen LogP contribution in [0.25, 0.3) is 0 Å². The molecule has 0 fully saturated rings. The number of amides is 2. The van der Waals surface area contributed by atoms with E-state index >= 15 is 0 Å². The van der Waals surface area contributed by atoms with Gasteiger partial charge in [0.05, 0.1) is 7.11 Å². The number of nitrogens with one attached hydrogen (secondary N) is 2. The number of allylic oxidation sites excluding steroid dienone is 10. The van der Waals surface area contributed by atoms with Gasteiger partial charge in [0, 0.05) is 25.1 Å². The van der Waals surface area contributed by atoms with Crippen molar-refractivity contribution >= 4 is 23.8 Å². The zero-order valence-electron chi connectivity index (χ0n) is 26.9. The number of carbonyl (C=O) groups is 4. The first-order chi connectivity index (χ1) is 20.6. The third-order valence-electron chi connectivity index (χ3n) is 5.75. The number of methoxy groups -OCH3 is 1. The predicted molar refractivity (Wildman–Crippen MR) is 174 cm³/mol. The second kappa shape index (κ2) is 26.0. The third-order valence-corrected chi connectivity index (χ3v) is 5.75. The van der Waals surface area contributed by atoms with Gasteiger partial charge in [0.2, 0.25) is 11.8 Å². The molecule has 0 aliphatic carbocycles. The molecular weight excluding hydrogens is 544 g/mol. The molecule has 2 amide bonds. The van der Waals surface area contributed by atoms with Crippen molar-refractivity contribution in [2.75, 3.05) is 13.7 Å². The molecule has 2 N–H and O–H groups in total. The van der Waals surface area contributed by atoms with Crippen molar-refractivity contribution in [2.45, 2.75) is 110 Å². The van der Waals surface area contributed by atoms with Crippen LogP contribution in [0.5, 0.6) is 0 Å². The SMILES string of the molecule is CC/C=C\C/C=C\C/C=C\C/C=C\C/C=C\CCCC(=O)N[C@@H](CCCCNC(=O)/C=C/C(=O)OC)C(=O)OC(C)(C)C. The van der Waals surface area contributed by atoms with Crippen molar-refractivity contribution in [1.29, 1.82) is 0 Å². The first-order valence-corrected chi connectivity index (χ1v) is 15.4. The van der Waals surface area contributed by atoms with Gasteiger partial charge in [-0.15, -0.1) is 0 Å². The van der Waals surface area contributed by atoms with Crippen LogP contribution in [0, 0.1) is 0 Å². The van der Waals surface area contributed by atoms with Gasteiger partial charge in [-0.2, -0.15) is 0 Å². The van der Waals surface area contributed by atoms with E-state index in [1.165, 1.54) is 7.11 Å². The Kier molecular flexibility index (Phi) is 23.8. The molecule has 8 heteroatoms. The summed E-state index contributed by atoms with van der Waals surface area (Å²) in [5.74, 6) is -1.67. The highest BCUT2D eigenvalue weighted by molar-refractivity contribution is 5.94. The summed E-state index contributed by atoms with van der Waals surface area (Å²) in [5, 5.41) is 5.48. The van der Waals surface area contributed by atoms with Crippen LogP contribution in [0.4, 0.5) is 0 Å². The smallest absolute Gasteiger partial charge is 0.330 e. The van der Waals surface area contributed by atoms with Gasteiger partial charge in [-0.25, -0.2) is 9.59 Å². The second-order valence-corrected chi connectivity index (χ2v) is 10.9. The van der Waals surface area contributed by atoms with Gasteiger partial charge in [-0.05, 0) is 85.0 Å². The summed E-state index contributed by atoms with van der Waals surface area (Å²) in [6, 6.07) is -0.754. The highest BCUT2D eigenvalue weighted by atomic mass is 16.6. The Hall–Kier alpha value is -3.68. The Balaban J connectivity index is 4.34. The van der Waals surface area contributed by atoms with E-state index in [2.05, 4.69) is 83.1 Å². The van der Waals surface area contributed by atoms with E-state index in [0.29, 0.717) is 38.6 Å². The molecule has 0 unspecified atom stereocenters. The summed E-state index contributed by atoms with van der Waals surface area (Å²) in [6.07, 6.45) is 31.8. The molecule has 0 aromatic heterocycles. The Morgan fingerprint density at radius 1 is 0.744 bits per heavy atom. The standard InChI is InChI=1S/C35H54N2O6/c1-6-7-8-9-10-11-12-13-14-15-16-17-18-19-20-21-22-26-32(39)37-30(34(41)43-35(2,3)4)25-23-24-29-36-31(38)27-28-33(40)42-5/h7-8,10-11,13-14,16-17,19-20,27-28,30H,6,9,12,15,18,21-26,29H2,1-5H3,(H,36,38)(H,37,39)/b8-7-,11-10-,14-13-,17-16-,20-19-,28-27+/t30-/m0/s1. The molecule has 43 heavy (non-hydrogen) atoms. The van der Waals surface area contributed by atoms with Gasteiger partial charge < -0.3 is 20.1 Å². The highest BCUT2D eigenvalue weighted by Crippen LogP contribution is 2.12. The number of ether oxygens (including phenoxy) is 2. The molecule has 0 aromatic carbocycles. The summed E-state index contributed by atoms with van der Waals surface area (Å²) in [7, 11) is 1.23. The summed E-state index contributed by atoms with van der Waals surface area (Å²) >= 11 is 0. The number of unbranched alkanes of at least 4 members (excludes halogenated alkanes) is 2. The molecule has 0 heterocycles. The fourth-order valence-electron chi connectivity index (χ4n) is 3.59. The molecule has 0 saturated carbocycles. The molecule has 0 radical (unpaired) electrons. The quantitative estimate of drug-likeness (QED) is 0.0617. The number of hydrogen-bond donors (Lipinski definition) is 2. The molecule has 8 nitrogen and oxygen atoms in total. The Labute approximate surface area is 259 Å². The maximum absolute atomic E-state index is 12.7. The van der Waals surface area contributed by atoms with Crippen molar-refractivity contribution in [1.82, 2.24) is 10.6 Å². The van der Waals surface area contributed by atoms with Crippen LogP contribution >= 0.6 is 0 Å². The summed E-state index contributed by atoms with van der Waals surface area (Å²) < 4.78 is 9.94. The van der Waals surface area contributed by atoms with Crippen LogP contribution < -0.4 is 10.6 Å². The minimum absolute atomic E-state index is 0.190. The van der Waals surface area contributed by atoms with Gasteiger partial charge in [0.25, 0.3) is 0 Å². The number of esters is 2. The van der Waals surface area contributed by atoms with E-state index < -0.39 is 29.5 Å². The average molecular weight is 599 g/mol. The second-order valence-electron chi connectivity index (χ2n) is 10.9. The first kappa shape index (κ1) is 39.3. The van der Waals surface area contributed by atoms with Crippen LogP contribution in [-0.2, 0) is 28.7 Å². The van der Waals surface area contributed by atoms with Crippen molar-refractivity contribution in [3.63, 3.8) is 0 Å². The van der Waals surface area contributed by atoms with E-state index in [1.54, 1.807) is 20.8 Å². The maximum atomic E-state index is 12.7. The lowest BCUT2D eigenvalue weighted by Gasteiger charge is -2.24. The van der Waals surface area contributed by atoms with Crippen molar-refractivity contribution < 1.29 is 28.7 Å². The van der Waals surface area contributed by atoms with Crippen LogP contribution in [0.3, 0.4) is 0 Å². The van der Waals surface area contributed by atoms with Crippen LogP contribution in [-0.4, -0.2) is 49.1 Å². The molecule has 0 aromatic rings. The van der Waals surface area contributed by atoms with Gasteiger partial charge in [0.15, 0.2) is 0 Å². The Bertz CT molecular complexity index is 983. The minimum Gasteiger partial charge on any atom is -0.466 e. The van der Waals surface area contributed by atoms with Crippen molar-refractivity contribution in [2.24, 2.45) is 0 Å². The van der Waals surface area contributed by atoms with Crippen LogP contribution in [0.1, 0.15) is 98.3 Å². The van der Waals surface area contributed by atoms with Crippen LogP contribution in [0.2, 0.25) is 0 Å². The number of rotatable bonds is 22. The van der Waals surface area contributed by atoms with E-state index in [9.17, 15) is 19.2 Å². The third kappa shape index (κ3) is 26.9. The zero-order valence-corrected chi connectivity index (χ0v) is 26.9. The highest BCUT2D eigenvalue weighted by Gasteiger charge is 2.26. The molecule has 0 bridgehead atoms. The van der Waals surface area contributed by atoms with Gasteiger partial charge in [0.1, 0.15) is 11.6 Å². The largest absolute Gasteiger partial charge is 0.466 e. The zero-order chi connectivity index (χ0) is 32.2. The average Bonchev–Trinajstić information content (AvgIpc) is 2.95. The lowest BCUT2D eigenvalue weighted by molar-refractivity contribution is -0.159. The summed E-state index contributed by atoms with van der Waals surface area (Å²) in [6.45, 7) is 7.86. The molecule has 240 valence electrons. The molecule has 0 spiro atoms. The predicted octanol–water partition coefficient (Wildman–Crippen LogP) is 6.75. The van der Waals surface area contributed by atoms with E-state index in [1.807, 2.05) is 0 Å². The first-order valence-electron chi connectivity index (χ1n) is 15.4. The molecule has 0 aliphatic heterocycles. The van der Waals surface area contributed by atoms with E-state index in [4.69, 9.17) is 4.74 Å². The Morgan fingerprint density at radius 2 is 1.30 bits per heavy atom. The monoisotopic (exact) mass is 598 g/mol. The molecule has 1 atom stereocenters. The number of hydrogen-bond acceptors (Lipinski definition) is 6. The van der Waals surface area contributed by atoms with Crippen LogP contribution in [0.15, 0.2) is 72.9 Å². The Morgan fingerprint density at radius 3 is 1.84 bits per heavy atom. The summed E-state index contributed by atoms with van der Waals surface area (Å²) in [5.41, 5.74) is -0.668. The lowest BCUT2D eigenvalue weighted by Crippen LogP contribution is -2.44. The van der Waals surface area contributed by atoms with E-state index in [-0.39, 0.29) is 5.91 Å². The van der Waals surface area contributed by atoms with E-state index in [0.717, 1.165) is 50.7 Å². The maximum Gasteiger partial charge on any atom is 0.330 e. The molecular formula is C35H54N2O6. The number of carbonyl (C=O) groups excluding carboxylic acids is 4. The van der Waals surface area contributed by atoms with Gasteiger partial charge in [-0.3, -0.25) is 9.59 Å². The van der Waals surface area contributed by atoms with Crippen molar-refractivity contribution in [3.8, 4) is 0 Å². The van der Waals surface area contributed by atoms with Crippen molar-refractivity contribution in [3.05, 3.63) is 72.9 Å². The fourth-order valence-corrected chi connectivity index (χ4v) is 3.59. The topological polar surface area (TPSA) is 111 Å². The fraction of sp³-hybridized carbons (Fsp3) is 0.543. The minimum atomic E-state index is -0.754. The van der Waals surface area contributed by atoms with Gasteiger partial charge >= 0.3 is 11.9 Å². The molecule has 0 saturated heterocycles. The lowest BCUT2D eigenvalue weighted by atomic mass is 10.1.